The number of aromatic nitrogens is 5. The number of nitrogens with zero attached hydrogens (tertiary/aromatic N) is 4. The first-order chi connectivity index (χ1) is 14.7. The third kappa shape index (κ3) is 3.55. The molecule has 30 heavy (non-hydrogen) atoms. The van der Waals surface area contributed by atoms with Gasteiger partial charge in [0.15, 0.2) is 11.0 Å². The van der Waals surface area contributed by atoms with Crippen molar-refractivity contribution in [2.24, 2.45) is 0 Å². The normalized spacial score (nSPS) is 11.2. The summed E-state index contributed by atoms with van der Waals surface area (Å²) in [4.78, 5) is 19.7. The van der Waals surface area contributed by atoms with E-state index in [1.165, 1.54) is 23.1 Å². The highest BCUT2D eigenvalue weighted by Crippen LogP contribution is 2.29. The molecular weight excluding hydrogens is 414 g/mol. The lowest BCUT2D eigenvalue weighted by atomic mass is 10.2. The Morgan fingerprint density at radius 1 is 1.07 bits per heavy atom. The van der Waals surface area contributed by atoms with E-state index >= 15 is 0 Å². The number of hydrogen-bond donors (Lipinski definition) is 1. The number of H-pyrrole nitrogens is 1. The summed E-state index contributed by atoms with van der Waals surface area (Å²) >= 11 is 2.90. The summed E-state index contributed by atoms with van der Waals surface area (Å²) in [5, 5.41) is 11.5. The monoisotopic (exact) mass is 431 g/mol. The number of rotatable bonds is 5. The topological polar surface area (TPSA) is 76.5 Å². The van der Waals surface area contributed by atoms with Crippen LogP contribution in [-0.4, -0.2) is 24.7 Å². The maximum Gasteiger partial charge on any atom is 0.268 e. The second-order valence-corrected chi connectivity index (χ2v) is 8.64. The summed E-state index contributed by atoms with van der Waals surface area (Å²) in [5.41, 5.74) is 3.77. The first kappa shape index (κ1) is 18.8. The summed E-state index contributed by atoms with van der Waals surface area (Å²) in [6.45, 7) is 2.06. The minimum absolute atomic E-state index is 0.101. The van der Waals surface area contributed by atoms with E-state index in [1.54, 1.807) is 0 Å². The van der Waals surface area contributed by atoms with Crippen LogP contribution < -0.4 is 5.56 Å². The van der Waals surface area contributed by atoms with Crippen molar-refractivity contribution in [3.05, 3.63) is 87.8 Å². The van der Waals surface area contributed by atoms with Gasteiger partial charge in [0.1, 0.15) is 10.5 Å². The van der Waals surface area contributed by atoms with Crippen molar-refractivity contribution < 1.29 is 0 Å². The molecule has 0 spiro atoms. The minimum atomic E-state index is -0.101. The van der Waals surface area contributed by atoms with Gasteiger partial charge < -0.3 is 4.98 Å². The lowest BCUT2D eigenvalue weighted by Gasteiger charge is -2.11. The van der Waals surface area contributed by atoms with Gasteiger partial charge in [-0.1, -0.05) is 54.2 Å². The lowest BCUT2D eigenvalue weighted by Crippen LogP contribution is -2.09. The molecule has 3 heterocycles. The summed E-state index contributed by atoms with van der Waals surface area (Å²) in [7, 11) is 0. The molecule has 0 unspecified atom stereocenters. The first-order valence-corrected chi connectivity index (χ1v) is 11.2. The van der Waals surface area contributed by atoms with Gasteiger partial charge >= 0.3 is 0 Å². The maximum atomic E-state index is 12.3. The third-order valence-electron chi connectivity index (χ3n) is 4.63. The number of nitrogens with one attached hydrogen (secondary N) is 1. The Morgan fingerprint density at radius 3 is 2.77 bits per heavy atom. The lowest BCUT2D eigenvalue weighted by molar-refractivity contribution is 0.882. The molecule has 0 aliphatic carbocycles. The molecule has 0 atom stereocenters. The third-order valence-corrected chi connectivity index (χ3v) is 6.47. The van der Waals surface area contributed by atoms with E-state index in [4.69, 9.17) is 0 Å². The molecule has 2 aromatic carbocycles. The number of fused-ring (bicyclic) bond motifs is 1. The van der Waals surface area contributed by atoms with Gasteiger partial charge in [0.25, 0.3) is 5.56 Å². The molecule has 0 saturated carbocycles. The molecule has 8 heteroatoms. The molecule has 1 N–H and O–H groups in total. The molecule has 0 radical (unpaired) electrons. The van der Waals surface area contributed by atoms with Gasteiger partial charge in [0, 0.05) is 11.3 Å². The average molecular weight is 432 g/mol. The van der Waals surface area contributed by atoms with Crippen molar-refractivity contribution in [2.75, 3.05) is 0 Å². The van der Waals surface area contributed by atoms with Gasteiger partial charge in [-0.05, 0) is 36.1 Å². The zero-order valence-corrected chi connectivity index (χ0v) is 17.7. The van der Waals surface area contributed by atoms with Crippen LogP contribution in [0, 0.1) is 6.92 Å². The second kappa shape index (κ2) is 7.89. The van der Waals surface area contributed by atoms with Gasteiger partial charge in [0.2, 0.25) is 0 Å². The number of thioether (sulfide) groups is 1. The fourth-order valence-corrected chi connectivity index (χ4v) is 4.81. The molecule has 0 amide bonds. The van der Waals surface area contributed by atoms with Crippen LogP contribution in [0.4, 0.5) is 0 Å². The van der Waals surface area contributed by atoms with Crippen molar-refractivity contribution in [1.29, 1.82) is 0 Å². The summed E-state index contributed by atoms with van der Waals surface area (Å²) in [5.74, 6) is 1.88. The molecule has 6 nitrogen and oxygen atoms in total. The quantitative estimate of drug-likeness (QED) is 0.403. The van der Waals surface area contributed by atoms with Crippen molar-refractivity contribution in [3.63, 3.8) is 0 Å². The Hall–Kier alpha value is -3.23. The second-order valence-electron chi connectivity index (χ2n) is 6.78. The number of thiophene rings is 1. The zero-order chi connectivity index (χ0) is 20.5. The van der Waals surface area contributed by atoms with Crippen LogP contribution in [0.25, 0.3) is 27.3 Å². The highest BCUT2D eigenvalue weighted by Gasteiger charge is 2.17. The van der Waals surface area contributed by atoms with Crippen LogP contribution in [0.5, 0.6) is 0 Å². The summed E-state index contributed by atoms with van der Waals surface area (Å²) < 4.78 is 2.70. The highest BCUT2D eigenvalue weighted by molar-refractivity contribution is 7.98. The standard InChI is InChI=1S/C22H17N5OS2/c1-14-6-5-9-16(12-14)27-20(15-7-3-2-4-8-15)25-26-22(27)30-13-18-23-17-10-11-29-19(17)21(28)24-18/h2-12H,13H2,1H3,(H,23,24,28). The van der Waals surface area contributed by atoms with Crippen molar-refractivity contribution in [1.82, 2.24) is 24.7 Å². The SMILES string of the molecule is Cc1cccc(-n2c(SCc3nc4ccsc4c(=O)[nH]3)nnc2-c2ccccc2)c1. The number of aryl methyl sites for hydroxylation is 1. The number of aromatic amines is 1. The molecular formula is C22H17N5OS2. The summed E-state index contributed by atoms with van der Waals surface area (Å²) in [6.07, 6.45) is 0. The number of hydrogen-bond acceptors (Lipinski definition) is 6. The smallest absolute Gasteiger partial charge is 0.268 e. The molecule has 3 aromatic heterocycles. The molecule has 0 aliphatic heterocycles. The van der Waals surface area contributed by atoms with E-state index < -0.39 is 0 Å². The minimum Gasteiger partial charge on any atom is -0.309 e. The molecule has 0 saturated heterocycles. The van der Waals surface area contributed by atoms with Crippen LogP contribution >= 0.6 is 23.1 Å². The van der Waals surface area contributed by atoms with Crippen LogP contribution in [0.3, 0.4) is 0 Å². The van der Waals surface area contributed by atoms with E-state index in [-0.39, 0.29) is 5.56 Å². The zero-order valence-electron chi connectivity index (χ0n) is 16.1. The van der Waals surface area contributed by atoms with E-state index in [0.29, 0.717) is 16.3 Å². The van der Waals surface area contributed by atoms with E-state index in [0.717, 1.165) is 33.3 Å². The van der Waals surface area contributed by atoms with E-state index in [9.17, 15) is 4.79 Å². The van der Waals surface area contributed by atoms with E-state index in [2.05, 4.69) is 39.2 Å². The fourth-order valence-electron chi connectivity index (χ4n) is 3.26. The van der Waals surface area contributed by atoms with Crippen LogP contribution in [0.1, 0.15) is 11.4 Å². The Labute approximate surface area is 180 Å². The van der Waals surface area contributed by atoms with Crippen LogP contribution in [0.15, 0.2) is 76.0 Å². The van der Waals surface area contributed by atoms with Crippen molar-refractivity contribution >= 4 is 33.3 Å². The van der Waals surface area contributed by atoms with Crippen molar-refractivity contribution in [3.8, 4) is 17.1 Å². The highest BCUT2D eigenvalue weighted by atomic mass is 32.2. The van der Waals surface area contributed by atoms with Crippen LogP contribution in [-0.2, 0) is 5.75 Å². The average Bonchev–Trinajstić information content (AvgIpc) is 3.40. The van der Waals surface area contributed by atoms with Gasteiger partial charge in [-0.25, -0.2) is 4.98 Å². The Bertz CT molecular complexity index is 1390. The summed E-state index contributed by atoms with van der Waals surface area (Å²) in [6, 6.07) is 20.1. The largest absolute Gasteiger partial charge is 0.309 e. The molecule has 0 aliphatic rings. The van der Waals surface area contributed by atoms with Crippen molar-refractivity contribution in [2.45, 2.75) is 17.8 Å². The Morgan fingerprint density at radius 2 is 1.93 bits per heavy atom. The van der Waals surface area contributed by atoms with E-state index in [1.807, 2.05) is 58.5 Å². The predicted octanol–water partition coefficient (Wildman–Crippen LogP) is 4.83. The van der Waals surface area contributed by atoms with Gasteiger partial charge in [-0.15, -0.1) is 21.5 Å². The van der Waals surface area contributed by atoms with Crippen LogP contribution in [0.2, 0.25) is 0 Å². The maximum absolute atomic E-state index is 12.3. The Balaban J connectivity index is 1.54. The predicted molar refractivity (Wildman–Crippen MR) is 121 cm³/mol. The first-order valence-electron chi connectivity index (χ1n) is 9.36. The van der Waals surface area contributed by atoms with Gasteiger partial charge in [0.05, 0.1) is 11.3 Å². The molecule has 0 bridgehead atoms. The van der Waals surface area contributed by atoms with Gasteiger partial charge in [-0.2, -0.15) is 0 Å². The molecule has 0 fully saturated rings. The Kier molecular flexibility index (Phi) is 4.94. The number of benzene rings is 2. The molecule has 5 rings (SSSR count). The fraction of sp³-hybridized carbons (Fsp3) is 0.0909. The van der Waals surface area contributed by atoms with Gasteiger partial charge in [-0.3, -0.25) is 9.36 Å². The molecule has 5 aromatic rings. The molecule has 148 valence electrons.